The number of amides is 1. The summed E-state index contributed by atoms with van der Waals surface area (Å²) < 4.78 is 5.55. The maximum atomic E-state index is 13.0. The number of carbonyl (C=O) groups is 1. The Hall–Kier alpha value is -1.43. The summed E-state index contributed by atoms with van der Waals surface area (Å²) in [4.78, 5) is 17.6. The molecule has 0 unspecified atom stereocenters. The lowest BCUT2D eigenvalue weighted by Crippen LogP contribution is -2.57. The Morgan fingerprint density at radius 2 is 1.75 bits per heavy atom. The quantitative estimate of drug-likeness (QED) is 0.907. The van der Waals surface area contributed by atoms with Crippen LogP contribution in [-0.4, -0.2) is 68.2 Å². The fourth-order valence-corrected chi connectivity index (χ4v) is 3.68. The number of hydrogen-bond donors (Lipinski definition) is 1. The molecule has 0 radical (unpaired) electrons. The molecule has 0 aromatic heterocycles. The van der Waals surface area contributed by atoms with Crippen LogP contribution in [0.15, 0.2) is 30.3 Å². The zero-order chi connectivity index (χ0) is 17.0. The van der Waals surface area contributed by atoms with Crippen LogP contribution in [0.5, 0.6) is 0 Å². The zero-order valence-corrected chi connectivity index (χ0v) is 14.8. The van der Waals surface area contributed by atoms with E-state index in [1.54, 1.807) is 0 Å². The van der Waals surface area contributed by atoms with Gasteiger partial charge in [0.2, 0.25) is 5.91 Å². The van der Waals surface area contributed by atoms with E-state index in [9.17, 15) is 4.79 Å². The molecule has 1 aromatic carbocycles. The highest BCUT2D eigenvalue weighted by atomic mass is 16.5. The van der Waals surface area contributed by atoms with Crippen molar-refractivity contribution in [3.8, 4) is 0 Å². The van der Waals surface area contributed by atoms with Gasteiger partial charge in [-0.3, -0.25) is 9.69 Å². The van der Waals surface area contributed by atoms with E-state index in [-0.39, 0.29) is 17.5 Å². The van der Waals surface area contributed by atoms with E-state index >= 15 is 0 Å². The normalized spacial score (nSPS) is 23.6. The van der Waals surface area contributed by atoms with Crippen molar-refractivity contribution in [2.45, 2.75) is 31.3 Å². The van der Waals surface area contributed by atoms with Crippen molar-refractivity contribution in [1.82, 2.24) is 15.1 Å². The van der Waals surface area contributed by atoms with E-state index in [0.29, 0.717) is 13.2 Å². The average Bonchev–Trinajstić information content (AvgIpc) is 2.63. The fourth-order valence-electron chi connectivity index (χ4n) is 3.68. The van der Waals surface area contributed by atoms with Crippen LogP contribution in [0, 0.1) is 0 Å². The number of carbonyl (C=O) groups excluding carboxylic acids is 1. The SMILES string of the molecule is C[C@@H](C(=O)NC1(c2ccccc2)CCOCC1)N1CCN(C)CC1. The van der Waals surface area contributed by atoms with Crippen LogP contribution in [0.1, 0.15) is 25.3 Å². The van der Waals surface area contributed by atoms with E-state index < -0.39 is 0 Å². The first-order chi connectivity index (χ1) is 11.6. The van der Waals surface area contributed by atoms with Crippen LogP contribution in [0.3, 0.4) is 0 Å². The minimum atomic E-state index is -0.294. The molecule has 2 fully saturated rings. The third-order valence-electron chi connectivity index (χ3n) is 5.50. The maximum absolute atomic E-state index is 13.0. The predicted octanol–water partition coefficient (Wildman–Crippen LogP) is 1.44. The van der Waals surface area contributed by atoms with Crippen molar-refractivity contribution >= 4 is 5.91 Å². The van der Waals surface area contributed by atoms with Crippen LogP contribution in [0.4, 0.5) is 0 Å². The topological polar surface area (TPSA) is 44.8 Å². The maximum Gasteiger partial charge on any atom is 0.237 e. The molecule has 5 heteroatoms. The predicted molar refractivity (Wildman–Crippen MR) is 94.8 cm³/mol. The molecule has 0 bridgehead atoms. The molecule has 132 valence electrons. The molecule has 3 rings (SSSR count). The van der Waals surface area contributed by atoms with Crippen LogP contribution >= 0.6 is 0 Å². The second-order valence-electron chi connectivity index (χ2n) is 7.06. The summed E-state index contributed by atoms with van der Waals surface area (Å²) >= 11 is 0. The molecule has 2 saturated heterocycles. The number of nitrogens with one attached hydrogen (secondary N) is 1. The third kappa shape index (κ3) is 3.79. The minimum absolute atomic E-state index is 0.0952. The van der Waals surface area contributed by atoms with Gasteiger partial charge in [0, 0.05) is 39.4 Å². The van der Waals surface area contributed by atoms with E-state index in [4.69, 9.17) is 4.74 Å². The Kier molecular flexibility index (Phi) is 5.54. The molecule has 1 N–H and O–H groups in total. The van der Waals surface area contributed by atoms with Crippen LogP contribution in [-0.2, 0) is 15.1 Å². The summed E-state index contributed by atoms with van der Waals surface area (Å²) in [6.07, 6.45) is 1.66. The van der Waals surface area contributed by atoms with Gasteiger partial charge in [0.15, 0.2) is 0 Å². The van der Waals surface area contributed by atoms with Crippen molar-refractivity contribution in [2.24, 2.45) is 0 Å². The van der Waals surface area contributed by atoms with Gasteiger partial charge in [-0.1, -0.05) is 30.3 Å². The van der Waals surface area contributed by atoms with Crippen LogP contribution in [0.2, 0.25) is 0 Å². The molecule has 1 aromatic rings. The number of ether oxygens (including phenoxy) is 1. The Labute approximate surface area is 145 Å². The molecule has 0 saturated carbocycles. The molecule has 24 heavy (non-hydrogen) atoms. The van der Waals surface area contributed by atoms with Gasteiger partial charge < -0.3 is 15.0 Å². The van der Waals surface area contributed by atoms with E-state index in [1.165, 1.54) is 5.56 Å². The first kappa shape index (κ1) is 17.4. The van der Waals surface area contributed by atoms with Gasteiger partial charge in [-0.05, 0) is 32.4 Å². The Morgan fingerprint density at radius 3 is 2.38 bits per heavy atom. The summed E-state index contributed by atoms with van der Waals surface area (Å²) in [5.41, 5.74) is 0.893. The molecule has 1 atom stereocenters. The van der Waals surface area contributed by atoms with Gasteiger partial charge in [0.25, 0.3) is 0 Å². The molecule has 1 amide bonds. The lowest BCUT2D eigenvalue weighted by molar-refractivity contribution is -0.130. The van der Waals surface area contributed by atoms with Gasteiger partial charge in [-0.15, -0.1) is 0 Å². The molecule has 0 spiro atoms. The third-order valence-corrected chi connectivity index (χ3v) is 5.50. The minimum Gasteiger partial charge on any atom is -0.381 e. The van der Waals surface area contributed by atoms with Gasteiger partial charge >= 0.3 is 0 Å². The highest BCUT2D eigenvalue weighted by Crippen LogP contribution is 2.32. The number of rotatable bonds is 4. The highest BCUT2D eigenvalue weighted by Gasteiger charge is 2.37. The van der Waals surface area contributed by atoms with Crippen LogP contribution < -0.4 is 5.32 Å². The largest absolute Gasteiger partial charge is 0.381 e. The summed E-state index contributed by atoms with van der Waals surface area (Å²) in [7, 11) is 2.13. The van der Waals surface area contributed by atoms with Crippen molar-refractivity contribution in [2.75, 3.05) is 46.4 Å². The molecule has 5 nitrogen and oxygen atoms in total. The summed E-state index contributed by atoms with van der Waals surface area (Å²) in [5.74, 6) is 0.130. The van der Waals surface area contributed by atoms with Gasteiger partial charge in [0.05, 0.1) is 11.6 Å². The number of hydrogen-bond acceptors (Lipinski definition) is 4. The molecular formula is C19H29N3O2. The van der Waals surface area contributed by atoms with E-state index in [0.717, 1.165) is 39.0 Å². The molecule has 2 heterocycles. The Morgan fingerprint density at radius 1 is 1.12 bits per heavy atom. The van der Waals surface area contributed by atoms with Gasteiger partial charge in [0.1, 0.15) is 0 Å². The van der Waals surface area contributed by atoms with Crippen molar-refractivity contribution < 1.29 is 9.53 Å². The van der Waals surface area contributed by atoms with Gasteiger partial charge in [-0.2, -0.15) is 0 Å². The first-order valence-electron chi connectivity index (χ1n) is 8.99. The monoisotopic (exact) mass is 331 g/mol. The van der Waals surface area contributed by atoms with E-state index in [2.05, 4.69) is 34.3 Å². The molecular weight excluding hydrogens is 302 g/mol. The van der Waals surface area contributed by atoms with Gasteiger partial charge in [-0.25, -0.2) is 0 Å². The molecule has 2 aliphatic heterocycles. The second kappa shape index (κ2) is 7.64. The number of likely N-dealkylation sites (N-methyl/N-ethyl adjacent to an activating group) is 1. The number of nitrogens with zero attached hydrogens (tertiary/aromatic N) is 2. The molecule has 0 aliphatic carbocycles. The lowest BCUT2D eigenvalue weighted by atomic mass is 9.82. The first-order valence-corrected chi connectivity index (χ1v) is 8.99. The smallest absolute Gasteiger partial charge is 0.237 e. The summed E-state index contributed by atoms with van der Waals surface area (Å²) in [5, 5.41) is 3.38. The fraction of sp³-hybridized carbons (Fsp3) is 0.632. The summed E-state index contributed by atoms with van der Waals surface area (Å²) in [6, 6.07) is 10.2. The summed E-state index contributed by atoms with van der Waals surface area (Å²) in [6.45, 7) is 7.36. The number of benzene rings is 1. The average molecular weight is 331 g/mol. The Balaban J connectivity index is 1.71. The zero-order valence-electron chi connectivity index (χ0n) is 14.8. The molecule has 2 aliphatic rings. The highest BCUT2D eigenvalue weighted by molar-refractivity contribution is 5.82. The van der Waals surface area contributed by atoms with Crippen molar-refractivity contribution in [3.05, 3.63) is 35.9 Å². The van der Waals surface area contributed by atoms with Crippen molar-refractivity contribution in [3.63, 3.8) is 0 Å². The second-order valence-corrected chi connectivity index (χ2v) is 7.06. The van der Waals surface area contributed by atoms with Crippen LogP contribution in [0.25, 0.3) is 0 Å². The lowest BCUT2D eigenvalue weighted by Gasteiger charge is -2.41. The van der Waals surface area contributed by atoms with Crippen molar-refractivity contribution in [1.29, 1.82) is 0 Å². The number of piperazine rings is 1. The Bertz CT molecular complexity index is 535. The standard InChI is InChI=1S/C19H29N3O2/c1-16(22-12-10-21(2)11-13-22)18(23)20-19(8-14-24-15-9-19)17-6-4-3-5-7-17/h3-7,16H,8-15H2,1-2H3,(H,20,23)/t16-/m0/s1. The van der Waals surface area contributed by atoms with E-state index in [1.807, 2.05) is 25.1 Å².